The Bertz CT molecular complexity index is 1310. The minimum Gasteiger partial charge on any atom is -0.497 e. The fraction of sp³-hybridized carbons (Fsp3) is 0.136. The Morgan fingerprint density at radius 2 is 1.93 bits per heavy atom. The van der Waals surface area contributed by atoms with Crippen LogP contribution in [0.15, 0.2) is 48.5 Å². The number of anilines is 1. The van der Waals surface area contributed by atoms with Crippen molar-refractivity contribution in [2.45, 2.75) is 6.10 Å². The summed E-state index contributed by atoms with van der Waals surface area (Å²) in [5.41, 5.74) is 8.09. The summed E-state index contributed by atoms with van der Waals surface area (Å²) in [6.45, 7) is 0. The van der Waals surface area contributed by atoms with Crippen LogP contribution in [0.1, 0.15) is 17.5 Å². The first-order valence-electron chi connectivity index (χ1n) is 9.05. The lowest BCUT2D eigenvalue weighted by atomic mass is 10.1. The number of nitrogens with two attached hydrogens (primary N) is 1. The molecule has 0 aliphatic heterocycles. The van der Waals surface area contributed by atoms with Crippen molar-refractivity contribution in [3.63, 3.8) is 0 Å². The lowest BCUT2D eigenvalue weighted by Gasteiger charge is -2.05. The predicted molar refractivity (Wildman–Crippen MR) is 111 cm³/mol. The molecule has 2 heterocycles. The van der Waals surface area contributed by atoms with E-state index in [-0.39, 0.29) is 17.5 Å². The first-order chi connectivity index (χ1) is 14.5. The standard InChI is InChI=1S/C22H18FN5O2/c1-28-21(14-6-3-7-15(23)11-14)27-19-20(24)25-18(26-22(19)28)10-9-17(29)13-5-4-8-16(12-13)30-2/h3-8,11-12,17,29H,1-2H3,(H2,24,25,26). The second kappa shape index (κ2) is 7.81. The number of rotatable bonds is 3. The van der Waals surface area contributed by atoms with E-state index in [9.17, 15) is 9.50 Å². The second-order valence-electron chi connectivity index (χ2n) is 6.56. The van der Waals surface area contributed by atoms with Crippen molar-refractivity contribution >= 4 is 17.0 Å². The number of aromatic nitrogens is 4. The zero-order valence-corrected chi connectivity index (χ0v) is 16.3. The highest BCUT2D eigenvalue weighted by atomic mass is 19.1. The van der Waals surface area contributed by atoms with E-state index in [1.165, 1.54) is 12.1 Å². The lowest BCUT2D eigenvalue weighted by molar-refractivity contribution is 0.238. The van der Waals surface area contributed by atoms with Crippen molar-refractivity contribution in [2.75, 3.05) is 12.8 Å². The molecule has 1 unspecified atom stereocenters. The van der Waals surface area contributed by atoms with Gasteiger partial charge in [-0.3, -0.25) is 0 Å². The van der Waals surface area contributed by atoms with E-state index in [2.05, 4.69) is 26.8 Å². The molecule has 0 aliphatic rings. The van der Waals surface area contributed by atoms with Gasteiger partial charge in [-0.25, -0.2) is 19.3 Å². The van der Waals surface area contributed by atoms with Gasteiger partial charge in [0.15, 0.2) is 17.0 Å². The molecule has 1 atom stereocenters. The molecule has 0 spiro atoms. The predicted octanol–water partition coefficient (Wildman–Crippen LogP) is 2.85. The van der Waals surface area contributed by atoms with Crippen molar-refractivity contribution in [1.82, 2.24) is 19.5 Å². The zero-order chi connectivity index (χ0) is 21.3. The molecule has 8 heteroatoms. The van der Waals surface area contributed by atoms with Crippen molar-refractivity contribution in [3.05, 3.63) is 65.7 Å². The van der Waals surface area contributed by atoms with E-state index in [1.807, 2.05) is 0 Å². The zero-order valence-electron chi connectivity index (χ0n) is 16.3. The summed E-state index contributed by atoms with van der Waals surface area (Å²) in [5.74, 6) is 6.53. The summed E-state index contributed by atoms with van der Waals surface area (Å²) < 4.78 is 20.5. The molecule has 4 rings (SSSR count). The van der Waals surface area contributed by atoms with Gasteiger partial charge in [-0.05, 0) is 35.7 Å². The number of fused-ring (bicyclic) bond motifs is 1. The van der Waals surface area contributed by atoms with Crippen LogP contribution in [0.4, 0.5) is 10.2 Å². The van der Waals surface area contributed by atoms with Gasteiger partial charge < -0.3 is 20.1 Å². The van der Waals surface area contributed by atoms with Crippen LogP contribution < -0.4 is 10.5 Å². The van der Waals surface area contributed by atoms with Crippen LogP contribution in [0.5, 0.6) is 5.75 Å². The Hall–Kier alpha value is -3.96. The molecular weight excluding hydrogens is 385 g/mol. The Morgan fingerprint density at radius 1 is 1.13 bits per heavy atom. The monoisotopic (exact) mass is 403 g/mol. The van der Waals surface area contributed by atoms with Crippen LogP contribution >= 0.6 is 0 Å². The number of ether oxygens (including phenoxy) is 1. The third-order valence-electron chi connectivity index (χ3n) is 4.56. The molecule has 0 saturated carbocycles. The Morgan fingerprint density at radius 3 is 2.70 bits per heavy atom. The fourth-order valence-electron chi connectivity index (χ4n) is 3.05. The van der Waals surface area contributed by atoms with Gasteiger partial charge in [-0.1, -0.05) is 30.2 Å². The molecule has 0 fully saturated rings. The summed E-state index contributed by atoms with van der Waals surface area (Å²) >= 11 is 0. The Balaban J connectivity index is 1.72. The molecule has 0 bridgehead atoms. The van der Waals surface area contributed by atoms with Crippen LogP contribution in [-0.2, 0) is 7.05 Å². The molecule has 0 radical (unpaired) electrons. The maximum atomic E-state index is 13.6. The summed E-state index contributed by atoms with van der Waals surface area (Å²) in [5, 5.41) is 10.3. The smallest absolute Gasteiger partial charge is 0.209 e. The highest BCUT2D eigenvalue weighted by Crippen LogP contribution is 2.25. The van der Waals surface area contributed by atoms with E-state index in [0.29, 0.717) is 33.9 Å². The van der Waals surface area contributed by atoms with Crippen LogP contribution in [0, 0.1) is 17.7 Å². The third kappa shape index (κ3) is 3.66. The number of hydrogen-bond acceptors (Lipinski definition) is 6. The number of benzene rings is 2. The Kier molecular flexibility index (Phi) is 5.04. The van der Waals surface area contributed by atoms with Gasteiger partial charge in [0.05, 0.1) is 7.11 Å². The molecule has 0 aliphatic carbocycles. The van der Waals surface area contributed by atoms with E-state index in [1.54, 1.807) is 55.1 Å². The number of nitrogens with zero attached hydrogens (tertiary/aromatic N) is 4. The largest absolute Gasteiger partial charge is 0.497 e. The van der Waals surface area contributed by atoms with Crippen molar-refractivity contribution in [1.29, 1.82) is 0 Å². The summed E-state index contributed by atoms with van der Waals surface area (Å²) in [7, 11) is 3.30. The van der Waals surface area contributed by atoms with E-state index in [0.717, 1.165) is 0 Å². The lowest BCUT2D eigenvalue weighted by Crippen LogP contribution is -2.01. The van der Waals surface area contributed by atoms with Gasteiger partial charge >= 0.3 is 0 Å². The summed E-state index contributed by atoms with van der Waals surface area (Å²) in [4.78, 5) is 13.0. The third-order valence-corrected chi connectivity index (χ3v) is 4.56. The first-order valence-corrected chi connectivity index (χ1v) is 9.05. The van der Waals surface area contributed by atoms with Crippen LogP contribution in [0.25, 0.3) is 22.6 Å². The molecule has 30 heavy (non-hydrogen) atoms. The fourth-order valence-corrected chi connectivity index (χ4v) is 3.05. The van der Waals surface area contributed by atoms with Gasteiger partial charge in [0.1, 0.15) is 23.5 Å². The average molecular weight is 403 g/mol. The molecule has 2 aromatic heterocycles. The number of hydrogen-bond donors (Lipinski definition) is 2. The van der Waals surface area contributed by atoms with Gasteiger partial charge in [0.2, 0.25) is 5.82 Å². The van der Waals surface area contributed by atoms with Crippen molar-refractivity contribution < 1.29 is 14.2 Å². The van der Waals surface area contributed by atoms with Gasteiger partial charge in [-0.15, -0.1) is 0 Å². The van der Waals surface area contributed by atoms with Gasteiger partial charge in [0.25, 0.3) is 0 Å². The number of aryl methyl sites for hydroxylation is 1. The second-order valence-corrected chi connectivity index (χ2v) is 6.56. The van der Waals surface area contributed by atoms with E-state index < -0.39 is 6.10 Å². The summed E-state index contributed by atoms with van der Waals surface area (Å²) in [6, 6.07) is 13.1. The highest BCUT2D eigenvalue weighted by molar-refractivity contribution is 5.85. The van der Waals surface area contributed by atoms with Gasteiger partial charge in [-0.2, -0.15) is 0 Å². The number of aliphatic hydroxyl groups is 1. The quantitative estimate of drug-likeness (QED) is 0.511. The highest BCUT2D eigenvalue weighted by Gasteiger charge is 2.16. The van der Waals surface area contributed by atoms with Crippen LogP contribution in [0.2, 0.25) is 0 Å². The number of nitrogen functional groups attached to an aromatic ring is 1. The van der Waals surface area contributed by atoms with E-state index in [4.69, 9.17) is 10.5 Å². The van der Waals surface area contributed by atoms with Crippen molar-refractivity contribution in [2.24, 2.45) is 7.05 Å². The summed E-state index contributed by atoms with van der Waals surface area (Å²) in [6.07, 6.45) is -1.05. The van der Waals surface area contributed by atoms with Crippen LogP contribution in [-0.4, -0.2) is 31.7 Å². The number of imidazole rings is 1. The molecule has 3 N–H and O–H groups in total. The number of halogens is 1. The maximum Gasteiger partial charge on any atom is 0.209 e. The molecular formula is C22H18FN5O2. The SMILES string of the molecule is COc1cccc(C(O)C#Cc2nc(N)c3nc(-c4cccc(F)c4)n(C)c3n2)c1. The van der Waals surface area contributed by atoms with Gasteiger partial charge in [0, 0.05) is 12.6 Å². The molecule has 0 saturated heterocycles. The molecule has 150 valence electrons. The average Bonchev–Trinajstić information content (AvgIpc) is 3.09. The molecule has 0 amide bonds. The molecule has 4 aromatic rings. The number of methoxy groups -OCH3 is 1. The maximum absolute atomic E-state index is 13.6. The van der Waals surface area contributed by atoms with E-state index >= 15 is 0 Å². The number of aliphatic hydroxyl groups excluding tert-OH is 1. The first kappa shape index (κ1) is 19.4. The van der Waals surface area contributed by atoms with Crippen molar-refractivity contribution in [3.8, 4) is 29.0 Å². The topological polar surface area (TPSA) is 99.1 Å². The van der Waals surface area contributed by atoms with Crippen LogP contribution in [0.3, 0.4) is 0 Å². The normalized spacial score (nSPS) is 11.7. The minimum atomic E-state index is -1.05. The minimum absolute atomic E-state index is 0.149. The molecule has 2 aromatic carbocycles. The molecule has 7 nitrogen and oxygen atoms in total. The Labute approximate surface area is 172 Å².